The highest BCUT2D eigenvalue weighted by Gasteiger charge is 2.39. The van der Waals surface area contributed by atoms with Crippen LogP contribution >= 0.6 is 11.8 Å². The lowest BCUT2D eigenvalue weighted by Gasteiger charge is -2.31. The van der Waals surface area contributed by atoms with Gasteiger partial charge in [-0.3, -0.25) is 9.78 Å². The van der Waals surface area contributed by atoms with E-state index in [9.17, 15) is 4.79 Å². The van der Waals surface area contributed by atoms with Crippen molar-refractivity contribution in [3.8, 4) is 0 Å². The van der Waals surface area contributed by atoms with Crippen molar-refractivity contribution in [2.45, 2.75) is 37.4 Å². The maximum absolute atomic E-state index is 12.1. The molecule has 2 aliphatic rings. The molecular weight excluding hydrogens is 270 g/mol. The largest absolute Gasteiger partial charge is 0.337 e. The van der Waals surface area contributed by atoms with Gasteiger partial charge in [-0.25, -0.2) is 0 Å². The summed E-state index contributed by atoms with van der Waals surface area (Å²) in [5.74, 6) is 2.68. The van der Waals surface area contributed by atoms with Crippen LogP contribution in [-0.4, -0.2) is 46.4 Å². The number of pyridine rings is 1. The minimum atomic E-state index is 0.116. The van der Waals surface area contributed by atoms with Crippen LogP contribution in [0.25, 0.3) is 0 Å². The predicted octanol–water partition coefficient (Wildman–Crippen LogP) is 1.84. The zero-order valence-electron chi connectivity index (χ0n) is 11.8. The third-order valence-electron chi connectivity index (χ3n) is 4.28. The van der Waals surface area contributed by atoms with Crippen LogP contribution in [-0.2, 0) is 4.79 Å². The van der Waals surface area contributed by atoms with Gasteiger partial charge in [-0.1, -0.05) is 6.07 Å². The SMILES string of the molecule is CN1C(=O)C[C@@H](NC2CCSCC2)[C@@H]1c1cccnc1. The van der Waals surface area contributed by atoms with Gasteiger partial charge in [-0.05, 0) is 36.0 Å². The molecule has 2 atom stereocenters. The summed E-state index contributed by atoms with van der Waals surface area (Å²) in [7, 11) is 1.90. The van der Waals surface area contributed by atoms with E-state index in [1.165, 1.54) is 24.3 Å². The summed E-state index contributed by atoms with van der Waals surface area (Å²) in [5, 5.41) is 3.72. The van der Waals surface area contributed by atoms with Crippen molar-refractivity contribution in [1.29, 1.82) is 0 Å². The first kappa shape index (κ1) is 13.9. The molecular formula is C15H21N3OS. The van der Waals surface area contributed by atoms with Gasteiger partial charge in [0, 0.05) is 37.9 Å². The fraction of sp³-hybridized carbons (Fsp3) is 0.600. The Bertz CT molecular complexity index is 461. The minimum absolute atomic E-state index is 0.116. The zero-order valence-corrected chi connectivity index (χ0v) is 12.6. The van der Waals surface area contributed by atoms with Crippen molar-refractivity contribution >= 4 is 17.7 Å². The smallest absolute Gasteiger partial charge is 0.224 e. The number of thioether (sulfide) groups is 1. The molecule has 3 heterocycles. The quantitative estimate of drug-likeness (QED) is 0.923. The van der Waals surface area contributed by atoms with Gasteiger partial charge in [0.15, 0.2) is 0 Å². The predicted molar refractivity (Wildman–Crippen MR) is 81.6 cm³/mol. The summed E-state index contributed by atoms with van der Waals surface area (Å²) in [4.78, 5) is 18.1. The topological polar surface area (TPSA) is 45.2 Å². The Labute approximate surface area is 124 Å². The molecule has 0 radical (unpaired) electrons. The fourth-order valence-corrected chi connectivity index (χ4v) is 4.30. The van der Waals surface area contributed by atoms with Crippen LogP contribution in [0.3, 0.4) is 0 Å². The number of aromatic nitrogens is 1. The van der Waals surface area contributed by atoms with E-state index in [0.29, 0.717) is 12.5 Å². The molecule has 0 bridgehead atoms. The average molecular weight is 291 g/mol. The van der Waals surface area contributed by atoms with Crippen molar-refractivity contribution in [2.75, 3.05) is 18.6 Å². The Hall–Kier alpha value is -1.07. The first-order valence-corrected chi connectivity index (χ1v) is 8.40. The third kappa shape index (κ3) is 2.83. The first-order valence-electron chi connectivity index (χ1n) is 7.25. The lowest BCUT2D eigenvalue weighted by molar-refractivity contribution is -0.127. The highest BCUT2D eigenvalue weighted by Crippen LogP contribution is 2.32. The average Bonchev–Trinajstić information content (AvgIpc) is 2.76. The number of likely N-dealkylation sites (tertiary alicyclic amines) is 1. The van der Waals surface area contributed by atoms with Crippen LogP contribution in [0.15, 0.2) is 24.5 Å². The Morgan fingerprint density at radius 3 is 2.90 bits per heavy atom. The van der Waals surface area contributed by atoms with Gasteiger partial charge in [0.25, 0.3) is 0 Å². The Kier molecular flexibility index (Phi) is 4.27. The number of rotatable bonds is 3. The Balaban J connectivity index is 1.76. The Morgan fingerprint density at radius 1 is 1.40 bits per heavy atom. The van der Waals surface area contributed by atoms with E-state index in [4.69, 9.17) is 0 Å². The van der Waals surface area contributed by atoms with Gasteiger partial charge < -0.3 is 10.2 Å². The van der Waals surface area contributed by atoms with Gasteiger partial charge >= 0.3 is 0 Å². The number of nitrogens with one attached hydrogen (secondary N) is 1. The Morgan fingerprint density at radius 2 is 2.20 bits per heavy atom. The van der Waals surface area contributed by atoms with E-state index in [-0.39, 0.29) is 18.0 Å². The highest BCUT2D eigenvalue weighted by molar-refractivity contribution is 7.99. The van der Waals surface area contributed by atoms with E-state index in [0.717, 1.165) is 5.56 Å². The van der Waals surface area contributed by atoms with Gasteiger partial charge in [0.1, 0.15) is 0 Å². The van der Waals surface area contributed by atoms with Gasteiger partial charge in [-0.15, -0.1) is 0 Å². The zero-order chi connectivity index (χ0) is 13.9. The molecule has 0 saturated carbocycles. The van der Waals surface area contributed by atoms with Crippen LogP contribution < -0.4 is 5.32 Å². The van der Waals surface area contributed by atoms with E-state index >= 15 is 0 Å². The number of nitrogens with zero attached hydrogens (tertiary/aromatic N) is 2. The number of carbonyl (C=O) groups excluding carboxylic acids is 1. The molecule has 2 aliphatic heterocycles. The summed E-state index contributed by atoms with van der Waals surface area (Å²) >= 11 is 2.03. The molecule has 0 aromatic carbocycles. The molecule has 1 N–H and O–H groups in total. The molecule has 108 valence electrons. The van der Waals surface area contributed by atoms with Crippen LogP contribution in [0.4, 0.5) is 0 Å². The van der Waals surface area contributed by atoms with Crippen molar-refractivity contribution in [3.05, 3.63) is 30.1 Å². The molecule has 4 nitrogen and oxygen atoms in total. The molecule has 1 amide bonds. The molecule has 2 fully saturated rings. The molecule has 20 heavy (non-hydrogen) atoms. The maximum atomic E-state index is 12.1. The van der Waals surface area contributed by atoms with Gasteiger partial charge in [0.05, 0.1) is 6.04 Å². The second-order valence-corrected chi connectivity index (χ2v) is 6.82. The van der Waals surface area contributed by atoms with Crippen molar-refractivity contribution < 1.29 is 4.79 Å². The molecule has 3 rings (SSSR count). The van der Waals surface area contributed by atoms with E-state index in [1.54, 1.807) is 6.20 Å². The summed E-state index contributed by atoms with van der Waals surface area (Å²) in [5.41, 5.74) is 1.13. The number of hydrogen-bond acceptors (Lipinski definition) is 4. The molecule has 0 unspecified atom stereocenters. The second-order valence-electron chi connectivity index (χ2n) is 5.60. The molecule has 1 aromatic heterocycles. The standard InChI is InChI=1S/C15H21N3OS/c1-18-14(19)9-13(17-12-4-7-20-8-5-12)15(18)11-3-2-6-16-10-11/h2-3,6,10,12-13,15,17H,4-5,7-9H2,1H3/t13-,15+/m1/s1. The number of hydrogen-bond donors (Lipinski definition) is 1. The normalized spacial score (nSPS) is 28.1. The first-order chi connectivity index (χ1) is 9.75. The number of likely N-dealkylation sites (N-methyl/N-ethyl adjacent to an activating group) is 1. The highest BCUT2D eigenvalue weighted by atomic mass is 32.2. The van der Waals surface area contributed by atoms with Crippen LogP contribution in [0.5, 0.6) is 0 Å². The van der Waals surface area contributed by atoms with E-state index < -0.39 is 0 Å². The van der Waals surface area contributed by atoms with Gasteiger partial charge in [-0.2, -0.15) is 11.8 Å². The lowest BCUT2D eigenvalue weighted by Crippen LogP contribution is -2.43. The van der Waals surface area contributed by atoms with Crippen LogP contribution in [0.1, 0.15) is 30.9 Å². The fourth-order valence-electron chi connectivity index (χ4n) is 3.19. The monoisotopic (exact) mass is 291 g/mol. The second kappa shape index (κ2) is 6.14. The summed E-state index contributed by atoms with van der Waals surface area (Å²) < 4.78 is 0. The minimum Gasteiger partial charge on any atom is -0.337 e. The van der Waals surface area contributed by atoms with Crippen LogP contribution in [0.2, 0.25) is 0 Å². The van der Waals surface area contributed by atoms with E-state index in [1.807, 2.05) is 36.0 Å². The molecule has 2 saturated heterocycles. The molecule has 0 aliphatic carbocycles. The molecule has 0 spiro atoms. The molecule has 5 heteroatoms. The van der Waals surface area contributed by atoms with Crippen molar-refractivity contribution in [2.24, 2.45) is 0 Å². The van der Waals surface area contributed by atoms with Gasteiger partial charge in [0.2, 0.25) is 5.91 Å². The lowest BCUT2D eigenvalue weighted by atomic mass is 10.00. The number of carbonyl (C=O) groups is 1. The summed E-state index contributed by atoms with van der Waals surface area (Å²) in [6.45, 7) is 0. The summed E-state index contributed by atoms with van der Waals surface area (Å²) in [6, 6.07) is 4.90. The molecule has 1 aromatic rings. The van der Waals surface area contributed by atoms with Crippen LogP contribution in [0, 0.1) is 0 Å². The number of amides is 1. The van der Waals surface area contributed by atoms with Crippen molar-refractivity contribution in [3.63, 3.8) is 0 Å². The summed E-state index contributed by atoms with van der Waals surface area (Å²) in [6.07, 6.45) is 6.67. The maximum Gasteiger partial charge on any atom is 0.224 e. The van der Waals surface area contributed by atoms with E-state index in [2.05, 4.69) is 16.4 Å². The van der Waals surface area contributed by atoms with Crippen molar-refractivity contribution in [1.82, 2.24) is 15.2 Å². The third-order valence-corrected chi connectivity index (χ3v) is 5.33.